The van der Waals surface area contributed by atoms with Gasteiger partial charge in [0.15, 0.2) is 0 Å². The lowest BCUT2D eigenvalue weighted by Gasteiger charge is -2.34. The molecule has 10 nitrogen and oxygen atoms in total. The number of hydrogen-bond donors (Lipinski definition) is 0. The molecule has 0 bridgehead atoms. The Morgan fingerprint density at radius 1 is 1.13 bits per heavy atom. The first-order valence-electron chi connectivity index (χ1n) is 12.9. The van der Waals surface area contributed by atoms with Gasteiger partial charge in [0, 0.05) is 24.0 Å². The van der Waals surface area contributed by atoms with E-state index in [0.717, 1.165) is 10.4 Å². The maximum absolute atomic E-state index is 13.9. The van der Waals surface area contributed by atoms with Crippen molar-refractivity contribution in [3.05, 3.63) is 69.1 Å². The van der Waals surface area contributed by atoms with Gasteiger partial charge in [-0.1, -0.05) is 30.3 Å². The molecule has 3 aromatic heterocycles. The number of fused-ring (bicyclic) bond motifs is 1. The fourth-order valence-corrected chi connectivity index (χ4v) is 5.84. The normalized spacial score (nSPS) is 14.8. The van der Waals surface area contributed by atoms with Crippen molar-refractivity contribution < 1.29 is 9.53 Å². The summed E-state index contributed by atoms with van der Waals surface area (Å²) in [5, 5.41) is 8.71. The Labute approximate surface area is 224 Å². The van der Waals surface area contributed by atoms with Crippen molar-refractivity contribution in [2.75, 3.05) is 13.1 Å². The third kappa shape index (κ3) is 5.15. The summed E-state index contributed by atoms with van der Waals surface area (Å²) < 4.78 is 9.04. The van der Waals surface area contributed by atoms with Gasteiger partial charge in [0.2, 0.25) is 0 Å². The van der Waals surface area contributed by atoms with E-state index in [1.165, 1.54) is 15.9 Å². The summed E-state index contributed by atoms with van der Waals surface area (Å²) in [7, 11) is 0. The molecule has 1 fully saturated rings. The Bertz CT molecular complexity index is 1570. The van der Waals surface area contributed by atoms with Crippen LogP contribution in [0.3, 0.4) is 0 Å². The van der Waals surface area contributed by atoms with E-state index in [2.05, 4.69) is 10.2 Å². The summed E-state index contributed by atoms with van der Waals surface area (Å²) in [6.07, 6.45) is 2.26. The van der Waals surface area contributed by atoms with E-state index in [1.54, 1.807) is 20.5 Å². The highest BCUT2D eigenvalue weighted by molar-refractivity contribution is 7.22. The molecular formula is C27H32N6O4S. The SMILES string of the molecule is CCn1ncc(Cn2c(=O)n(C3CCN(C(=O)OC(C)(C)C)CC3)c(=O)c3sc(-c4ccccc4)cc32)n1. The minimum atomic E-state index is -0.584. The number of benzene rings is 1. The smallest absolute Gasteiger partial charge is 0.410 e. The van der Waals surface area contributed by atoms with Gasteiger partial charge in [0.25, 0.3) is 5.56 Å². The molecule has 0 spiro atoms. The Morgan fingerprint density at radius 3 is 2.47 bits per heavy atom. The number of thiophene rings is 1. The number of aryl methyl sites for hydroxylation is 1. The Hall–Kier alpha value is -3.73. The minimum Gasteiger partial charge on any atom is -0.444 e. The second kappa shape index (κ2) is 10.2. The van der Waals surface area contributed by atoms with E-state index < -0.39 is 5.60 Å². The molecule has 4 heterocycles. The lowest BCUT2D eigenvalue weighted by atomic mass is 10.1. The number of nitrogens with zero attached hydrogens (tertiary/aromatic N) is 6. The third-order valence-electron chi connectivity index (χ3n) is 6.58. The van der Waals surface area contributed by atoms with Gasteiger partial charge in [0.05, 0.1) is 24.8 Å². The number of ether oxygens (including phenoxy) is 1. The van der Waals surface area contributed by atoms with Crippen LogP contribution in [0.15, 0.2) is 52.2 Å². The highest BCUT2D eigenvalue weighted by atomic mass is 32.1. The fraction of sp³-hybridized carbons (Fsp3) is 0.444. The van der Waals surface area contributed by atoms with Crippen LogP contribution in [-0.4, -0.2) is 53.8 Å². The average molecular weight is 537 g/mol. The van der Waals surface area contributed by atoms with Crippen molar-refractivity contribution in [2.45, 2.75) is 65.3 Å². The predicted molar refractivity (Wildman–Crippen MR) is 147 cm³/mol. The maximum atomic E-state index is 13.9. The molecule has 5 rings (SSSR count). The summed E-state index contributed by atoms with van der Waals surface area (Å²) in [6, 6.07) is 11.4. The summed E-state index contributed by atoms with van der Waals surface area (Å²) in [4.78, 5) is 44.4. The molecule has 0 radical (unpaired) electrons. The van der Waals surface area contributed by atoms with Crippen LogP contribution in [0.2, 0.25) is 0 Å². The van der Waals surface area contributed by atoms with Crippen LogP contribution in [0.5, 0.6) is 0 Å². The van der Waals surface area contributed by atoms with Gasteiger partial charge in [0.1, 0.15) is 16.0 Å². The molecule has 4 aromatic rings. The van der Waals surface area contributed by atoms with Crippen molar-refractivity contribution in [3.8, 4) is 10.4 Å². The molecule has 1 aliphatic heterocycles. The number of carbonyl (C=O) groups is 1. The first kappa shape index (κ1) is 25.9. The van der Waals surface area contributed by atoms with Gasteiger partial charge in [-0.25, -0.2) is 9.59 Å². The number of hydrogen-bond acceptors (Lipinski definition) is 7. The van der Waals surface area contributed by atoms with E-state index in [-0.39, 0.29) is 29.9 Å². The van der Waals surface area contributed by atoms with Crippen molar-refractivity contribution >= 4 is 27.6 Å². The van der Waals surface area contributed by atoms with Gasteiger partial charge < -0.3 is 9.64 Å². The molecule has 0 unspecified atom stereocenters. The van der Waals surface area contributed by atoms with Gasteiger partial charge in [-0.2, -0.15) is 15.0 Å². The number of likely N-dealkylation sites (tertiary alicyclic amines) is 1. The van der Waals surface area contributed by atoms with Crippen molar-refractivity contribution in [2.24, 2.45) is 0 Å². The van der Waals surface area contributed by atoms with Crippen molar-refractivity contribution in [3.63, 3.8) is 0 Å². The molecule has 1 saturated heterocycles. The second-order valence-corrected chi connectivity index (χ2v) is 11.5. The second-order valence-electron chi connectivity index (χ2n) is 10.5. The van der Waals surface area contributed by atoms with Crippen LogP contribution in [0.25, 0.3) is 20.7 Å². The van der Waals surface area contributed by atoms with Crippen molar-refractivity contribution in [1.29, 1.82) is 0 Å². The summed E-state index contributed by atoms with van der Waals surface area (Å²) in [6.45, 7) is 9.09. The zero-order valence-corrected chi connectivity index (χ0v) is 22.9. The van der Waals surface area contributed by atoms with E-state index >= 15 is 0 Å². The average Bonchev–Trinajstić information content (AvgIpc) is 3.54. The van der Waals surface area contributed by atoms with Crippen LogP contribution in [0, 0.1) is 0 Å². The molecule has 0 saturated carbocycles. The van der Waals surface area contributed by atoms with Crippen LogP contribution >= 0.6 is 11.3 Å². The predicted octanol–water partition coefficient (Wildman–Crippen LogP) is 4.12. The Kier molecular flexibility index (Phi) is 6.95. The lowest BCUT2D eigenvalue weighted by molar-refractivity contribution is 0.0186. The molecule has 11 heteroatoms. The zero-order chi connectivity index (χ0) is 27.0. The standard InChI is InChI=1S/C27H32N6O4S/c1-5-32-28-16-19(29-32)17-31-21-15-22(18-9-7-6-8-10-18)38-23(21)24(34)33(25(31)35)20-11-13-30(14-12-20)26(36)37-27(2,3)4/h6-10,15-16,20H,5,11-14,17H2,1-4H3. The van der Waals surface area contributed by atoms with Crippen LogP contribution < -0.4 is 11.2 Å². The summed E-state index contributed by atoms with van der Waals surface area (Å²) >= 11 is 1.39. The Morgan fingerprint density at radius 2 is 1.84 bits per heavy atom. The lowest BCUT2D eigenvalue weighted by Crippen LogP contribution is -2.47. The molecule has 1 amide bonds. The summed E-state index contributed by atoms with van der Waals surface area (Å²) in [5.74, 6) is 0. The van der Waals surface area contributed by atoms with E-state index in [1.807, 2.05) is 64.1 Å². The molecule has 200 valence electrons. The number of carbonyl (C=O) groups excluding carboxylic acids is 1. The van der Waals surface area contributed by atoms with Gasteiger partial charge in [-0.3, -0.25) is 13.9 Å². The highest BCUT2D eigenvalue weighted by Crippen LogP contribution is 2.32. The fourth-order valence-electron chi connectivity index (χ4n) is 4.74. The van der Waals surface area contributed by atoms with Crippen LogP contribution in [0.4, 0.5) is 4.79 Å². The molecule has 0 atom stereocenters. The van der Waals surface area contributed by atoms with Crippen LogP contribution in [0.1, 0.15) is 52.3 Å². The van der Waals surface area contributed by atoms with E-state index in [0.29, 0.717) is 48.4 Å². The van der Waals surface area contributed by atoms with E-state index in [4.69, 9.17) is 4.74 Å². The van der Waals surface area contributed by atoms with Gasteiger partial charge >= 0.3 is 11.8 Å². The highest BCUT2D eigenvalue weighted by Gasteiger charge is 2.30. The molecule has 1 aliphatic rings. The monoisotopic (exact) mass is 536 g/mol. The third-order valence-corrected chi connectivity index (χ3v) is 7.74. The van der Waals surface area contributed by atoms with Crippen LogP contribution in [-0.2, 0) is 17.8 Å². The first-order chi connectivity index (χ1) is 18.1. The largest absolute Gasteiger partial charge is 0.444 e. The van der Waals surface area contributed by atoms with Gasteiger partial charge in [-0.05, 0) is 52.2 Å². The number of rotatable bonds is 5. The maximum Gasteiger partial charge on any atom is 0.410 e. The molecule has 1 aromatic carbocycles. The zero-order valence-electron chi connectivity index (χ0n) is 22.1. The molecular weight excluding hydrogens is 504 g/mol. The quantitative estimate of drug-likeness (QED) is 0.380. The molecule has 0 aliphatic carbocycles. The Balaban J connectivity index is 1.54. The number of aromatic nitrogens is 5. The first-order valence-corrected chi connectivity index (χ1v) is 13.7. The van der Waals surface area contributed by atoms with E-state index in [9.17, 15) is 14.4 Å². The number of amides is 1. The minimum absolute atomic E-state index is 0.206. The topological polar surface area (TPSA) is 104 Å². The van der Waals surface area contributed by atoms with Crippen molar-refractivity contribution in [1.82, 2.24) is 29.0 Å². The van der Waals surface area contributed by atoms with Gasteiger partial charge in [-0.15, -0.1) is 11.3 Å². The molecule has 0 N–H and O–H groups in total. The number of piperidine rings is 1. The molecule has 38 heavy (non-hydrogen) atoms. The summed E-state index contributed by atoms with van der Waals surface area (Å²) in [5.41, 5.74) is 0.980.